The molecule has 0 aliphatic heterocycles. The highest BCUT2D eigenvalue weighted by Gasteiger charge is 2.42. The van der Waals surface area contributed by atoms with E-state index in [1.807, 2.05) is 30.3 Å². The van der Waals surface area contributed by atoms with E-state index in [0.717, 1.165) is 12.1 Å². The number of hydrogen-bond donors (Lipinski definition) is 1. The van der Waals surface area contributed by atoms with E-state index < -0.39 is 5.54 Å². The van der Waals surface area contributed by atoms with Crippen molar-refractivity contribution in [3.05, 3.63) is 35.9 Å². The summed E-state index contributed by atoms with van der Waals surface area (Å²) in [7, 11) is 1.40. The van der Waals surface area contributed by atoms with Gasteiger partial charge in [0.2, 0.25) is 0 Å². The van der Waals surface area contributed by atoms with Gasteiger partial charge in [-0.15, -0.1) is 0 Å². The van der Waals surface area contributed by atoms with Crippen LogP contribution in [0.5, 0.6) is 0 Å². The van der Waals surface area contributed by atoms with Gasteiger partial charge in [-0.25, -0.2) is 4.79 Å². The molecule has 0 aromatic heterocycles. The summed E-state index contributed by atoms with van der Waals surface area (Å²) in [4.78, 5) is 14.7. The van der Waals surface area contributed by atoms with Crippen molar-refractivity contribution in [2.24, 2.45) is 11.7 Å². The van der Waals surface area contributed by atoms with Crippen LogP contribution in [0.1, 0.15) is 32.3 Å². The summed E-state index contributed by atoms with van der Waals surface area (Å²) in [5, 5.41) is 0. The van der Waals surface area contributed by atoms with Crippen LogP contribution in [-0.2, 0) is 15.1 Å². The van der Waals surface area contributed by atoms with Crippen LogP contribution in [0.4, 0.5) is 0 Å². The summed E-state index contributed by atoms with van der Waals surface area (Å²) >= 11 is 0. The highest BCUT2D eigenvalue weighted by molar-refractivity contribution is 5.82. The summed E-state index contributed by atoms with van der Waals surface area (Å²) in [6, 6.07) is 10.1. The first-order valence-corrected chi connectivity index (χ1v) is 7.64. The molecule has 0 heterocycles. The maximum atomic E-state index is 12.3. The van der Waals surface area contributed by atoms with Crippen LogP contribution >= 0.6 is 0 Å². The van der Waals surface area contributed by atoms with E-state index in [1.165, 1.54) is 20.0 Å². The number of benzene rings is 1. The van der Waals surface area contributed by atoms with Crippen molar-refractivity contribution in [1.29, 1.82) is 0 Å². The van der Waals surface area contributed by atoms with Gasteiger partial charge in [0.25, 0.3) is 0 Å². The zero-order valence-corrected chi connectivity index (χ0v) is 13.2. The Morgan fingerprint density at radius 2 is 2.00 bits per heavy atom. The Bertz CT molecular complexity index is 471. The van der Waals surface area contributed by atoms with E-state index in [2.05, 4.69) is 18.7 Å². The molecule has 0 radical (unpaired) electrons. The Hall–Kier alpha value is -1.39. The van der Waals surface area contributed by atoms with Gasteiger partial charge in [0, 0.05) is 19.1 Å². The molecule has 2 N–H and O–H groups in total. The molecule has 116 valence electrons. The molecule has 0 spiro atoms. The van der Waals surface area contributed by atoms with Gasteiger partial charge in [0.15, 0.2) is 5.54 Å². The minimum Gasteiger partial charge on any atom is -0.467 e. The third-order valence-corrected chi connectivity index (χ3v) is 3.95. The van der Waals surface area contributed by atoms with Crippen LogP contribution in [0.15, 0.2) is 30.3 Å². The smallest absolute Gasteiger partial charge is 0.331 e. The van der Waals surface area contributed by atoms with Crippen LogP contribution in [0.3, 0.4) is 0 Å². The lowest BCUT2D eigenvalue weighted by molar-refractivity contribution is -0.148. The van der Waals surface area contributed by atoms with E-state index in [9.17, 15) is 4.79 Å². The SMILES string of the molecule is COC(=O)C(N)(CN(CC(C)C)C1CC1)c1ccccc1. The lowest BCUT2D eigenvalue weighted by atomic mass is 9.90. The molecular weight excluding hydrogens is 264 g/mol. The third kappa shape index (κ3) is 3.83. The number of hydrogen-bond acceptors (Lipinski definition) is 4. The number of carbonyl (C=O) groups excluding carboxylic acids is 1. The molecule has 21 heavy (non-hydrogen) atoms. The molecule has 1 atom stereocenters. The normalized spacial score (nSPS) is 17.8. The summed E-state index contributed by atoms with van der Waals surface area (Å²) in [5.74, 6) is 0.173. The molecule has 4 nitrogen and oxygen atoms in total. The predicted octanol–water partition coefficient (Wildman–Crippen LogP) is 2.13. The molecule has 2 rings (SSSR count). The minimum atomic E-state index is -1.10. The second-order valence-electron chi connectivity index (χ2n) is 6.38. The number of esters is 1. The summed E-state index contributed by atoms with van der Waals surface area (Å²) < 4.78 is 4.99. The van der Waals surface area contributed by atoms with Crippen LogP contribution in [0, 0.1) is 5.92 Å². The van der Waals surface area contributed by atoms with Gasteiger partial charge in [0.05, 0.1) is 7.11 Å². The topological polar surface area (TPSA) is 55.6 Å². The standard InChI is InChI=1S/C17H26N2O2/c1-13(2)11-19(15-9-10-15)12-17(18,16(20)21-3)14-7-5-4-6-8-14/h4-8,13,15H,9-12,18H2,1-3H3. The molecular formula is C17H26N2O2. The van der Waals surface area contributed by atoms with Gasteiger partial charge >= 0.3 is 5.97 Å². The van der Waals surface area contributed by atoms with Crippen molar-refractivity contribution in [2.75, 3.05) is 20.2 Å². The Kier molecular flexibility index (Phi) is 5.01. The molecule has 1 fully saturated rings. The van der Waals surface area contributed by atoms with Crippen LogP contribution < -0.4 is 5.73 Å². The van der Waals surface area contributed by atoms with Gasteiger partial charge in [-0.1, -0.05) is 44.2 Å². The average Bonchev–Trinajstić information content (AvgIpc) is 3.30. The fourth-order valence-corrected chi connectivity index (χ4v) is 2.76. The largest absolute Gasteiger partial charge is 0.467 e. The highest BCUT2D eigenvalue weighted by atomic mass is 16.5. The molecule has 0 bridgehead atoms. The van der Waals surface area contributed by atoms with Gasteiger partial charge in [0.1, 0.15) is 0 Å². The number of ether oxygens (including phenoxy) is 1. The lowest BCUT2D eigenvalue weighted by Crippen LogP contribution is -2.55. The van der Waals surface area contributed by atoms with Crippen LogP contribution in [-0.4, -0.2) is 37.1 Å². The molecule has 1 unspecified atom stereocenters. The molecule has 1 aliphatic carbocycles. The molecule has 1 aromatic carbocycles. The van der Waals surface area contributed by atoms with E-state index >= 15 is 0 Å². The van der Waals surface area contributed by atoms with E-state index in [1.54, 1.807) is 0 Å². The van der Waals surface area contributed by atoms with Crippen LogP contribution in [0.2, 0.25) is 0 Å². The zero-order chi connectivity index (χ0) is 15.5. The Morgan fingerprint density at radius 1 is 1.38 bits per heavy atom. The van der Waals surface area contributed by atoms with Crippen molar-refractivity contribution < 1.29 is 9.53 Å². The maximum Gasteiger partial charge on any atom is 0.331 e. The van der Waals surface area contributed by atoms with E-state index in [-0.39, 0.29) is 5.97 Å². The molecule has 4 heteroatoms. The highest BCUT2D eigenvalue weighted by Crippen LogP contribution is 2.31. The fourth-order valence-electron chi connectivity index (χ4n) is 2.76. The number of nitrogens with two attached hydrogens (primary N) is 1. The van der Waals surface area contributed by atoms with Gasteiger partial charge < -0.3 is 10.5 Å². The molecule has 1 aromatic rings. The van der Waals surface area contributed by atoms with Crippen molar-refractivity contribution in [2.45, 2.75) is 38.3 Å². The fraction of sp³-hybridized carbons (Fsp3) is 0.588. The monoisotopic (exact) mass is 290 g/mol. The number of carbonyl (C=O) groups is 1. The van der Waals surface area contributed by atoms with Crippen molar-refractivity contribution in [1.82, 2.24) is 4.90 Å². The first-order valence-electron chi connectivity index (χ1n) is 7.64. The first kappa shape index (κ1) is 16.0. The second-order valence-corrected chi connectivity index (χ2v) is 6.38. The lowest BCUT2D eigenvalue weighted by Gasteiger charge is -2.34. The van der Waals surface area contributed by atoms with Crippen molar-refractivity contribution in [3.63, 3.8) is 0 Å². The molecule has 1 aliphatic rings. The molecule has 1 saturated carbocycles. The Balaban J connectivity index is 2.25. The van der Waals surface area contributed by atoms with Gasteiger partial charge in [-0.05, 0) is 24.3 Å². The van der Waals surface area contributed by atoms with Crippen molar-refractivity contribution >= 4 is 5.97 Å². The van der Waals surface area contributed by atoms with Crippen LogP contribution in [0.25, 0.3) is 0 Å². The number of rotatable bonds is 7. The summed E-state index contributed by atoms with van der Waals surface area (Å²) in [6.45, 7) is 5.84. The third-order valence-electron chi connectivity index (χ3n) is 3.95. The van der Waals surface area contributed by atoms with Crippen molar-refractivity contribution in [3.8, 4) is 0 Å². The first-order chi connectivity index (χ1) is 9.97. The number of nitrogens with zero attached hydrogens (tertiary/aromatic N) is 1. The summed E-state index contributed by atoms with van der Waals surface area (Å²) in [5.41, 5.74) is 6.21. The predicted molar refractivity (Wildman–Crippen MR) is 83.8 cm³/mol. The second kappa shape index (κ2) is 6.58. The van der Waals surface area contributed by atoms with E-state index in [4.69, 9.17) is 10.5 Å². The van der Waals surface area contributed by atoms with Gasteiger partial charge in [-0.2, -0.15) is 0 Å². The number of methoxy groups -OCH3 is 1. The quantitative estimate of drug-likeness (QED) is 0.782. The maximum absolute atomic E-state index is 12.3. The Morgan fingerprint density at radius 3 is 2.48 bits per heavy atom. The summed E-state index contributed by atoms with van der Waals surface area (Å²) in [6.07, 6.45) is 2.39. The van der Waals surface area contributed by atoms with Gasteiger partial charge in [-0.3, -0.25) is 4.90 Å². The molecule has 0 saturated heterocycles. The molecule has 0 amide bonds. The zero-order valence-electron chi connectivity index (χ0n) is 13.2. The minimum absolute atomic E-state index is 0.372. The Labute approximate surface area is 127 Å². The van der Waals surface area contributed by atoms with E-state index in [0.29, 0.717) is 18.5 Å². The average molecular weight is 290 g/mol.